The normalized spacial score (nSPS) is 10.6. The van der Waals surface area contributed by atoms with Crippen molar-refractivity contribution in [3.8, 4) is 17.5 Å². The third kappa shape index (κ3) is 2.37. The molecule has 0 atom stereocenters. The van der Waals surface area contributed by atoms with Crippen molar-refractivity contribution in [2.24, 2.45) is 0 Å². The van der Waals surface area contributed by atoms with Gasteiger partial charge in [-0.1, -0.05) is 22.0 Å². The number of halogens is 1. The number of fused-ring (bicyclic) bond motifs is 1. The first-order chi connectivity index (χ1) is 9.24. The van der Waals surface area contributed by atoms with Crippen LogP contribution in [0.25, 0.3) is 10.9 Å². The number of aromatic hydroxyl groups is 1. The lowest BCUT2D eigenvalue weighted by Crippen LogP contribution is -1.91. The quantitative estimate of drug-likeness (QED) is 0.779. The van der Waals surface area contributed by atoms with Crippen molar-refractivity contribution in [1.29, 1.82) is 0 Å². The molecule has 3 rings (SSSR count). The van der Waals surface area contributed by atoms with E-state index in [2.05, 4.69) is 25.9 Å². The molecule has 0 aliphatic heterocycles. The summed E-state index contributed by atoms with van der Waals surface area (Å²) in [6.45, 7) is 0. The Morgan fingerprint density at radius 2 is 1.89 bits per heavy atom. The predicted octanol–water partition coefficient (Wildman–Crippen LogP) is 3.89. The standard InChI is InChI=1S/C14H9BrN2O2/c15-10-5-6-11(18)14-9(10)4-7-13(17-14)19-12-3-1-2-8-16-12/h1-8,18H. The van der Waals surface area contributed by atoms with E-state index in [-0.39, 0.29) is 5.75 Å². The number of phenolic OH excluding ortho intramolecular Hbond substituents is 1. The average molecular weight is 317 g/mol. The van der Waals surface area contributed by atoms with Crippen LogP contribution in [0.2, 0.25) is 0 Å². The second kappa shape index (κ2) is 4.85. The molecular weight excluding hydrogens is 308 g/mol. The molecule has 0 bridgehead atoms. The molecule has 2 heterocycles. The van der Waals surface area contributed by atoms with Crippen molar-refractivity contribution in [3.63, 3.8) is 0 Å². The van der Waals surface area contributed by atoms with Crippen LogP contribution in [0.3, 0.4) is 0 Å². The lowest BCUT2D eigenvalue weighted by Gasteiger charge is -2.06. The Labute approximate surface area is 117 Å². The molecule has 0 amide bonds. The number of ether oxygens (including phenoxy) is 1. The molecule has 0 aliphatic carbocycles. The molecular formula is C14H9BrN2O2. The minimum atomic E-state index is 0.115. The van der Waals surface area contributed by atoms with E-state index >= 15 is 0 Å². The van der Waals surface area contributed by atoms with Gasteiger partial charge in [-0.3, -0.25) is 0 Å². The Hall–Kier alpha value is -2.14. The molecule has 0 unspecified atom stereocenters. The molecule has 0 saturated carbocycles. The lowest BCUT2D eigenvalue weighted by molar-refractivity contribution is 0.444. The molecule has 2 aromatic heterocycles. The number of hydrogen-bond donors (Lipinski definition) is 1. The van der Waals surface area contributed by atoms with E-state index in [1.54, 1.807) is 30.5 Å². The van der Waals surface area contributed by atoms with Gasteiger partial charge in [0.1, 0.15) is 11.3 Å². The Morgan fingerprint density at radius 3 is 2.68 bits per heavy atom. The van der Waals surface area contributed by atoms with E-state index in [0.717, 1.165) is 9.86 Å². The topological polar surface area (TPSA) is 55.2 Å². The number of benzene rings is 1. The fraction of sp³-hybridized carbons (Fsp3) is 0. The van der Waals surface area contributed by atoms with Crippen molar-refractivity contribution < 1.29 is 9.84 Å². The van der Waals surface area contributed by atoms with E-state index in [0.29, 0.717) is 17.3 Å². The summed E-state index contributed by atoms with van der Waals surface area (Å²) >= 11 is 3.42. The highest BCUT2D eigenvalue weighted by Gasteiger charge is 2.07. The summed E-state index contributed by atoms with van der Waals surface area (Å²) in [5, 5.41) is 10.7. The third-order valence-corrected chi connectivity index (χ3v) is 3.30. The Bertz CT molecular complexity index is 732. The zero-order chi connectivity index (χ0) is 13.2. The van der Waals surface area contributed by atoms with Gasteiger partial charge in [0.25, 0.3) is 0 Å². The van der Waals surface area contributed by atoms with Gasteiger partial charge in [-0.05, 0) is 24.3 Å². The molecule has 3 aromatic rings. The van der Waals surface area contributed by atoms with Gasteiger partial charge < -0.3 is 9.84 Å². The first-order valence-corrected chi connectivity index (χ1v) is 6.40. The minimum Gasteiger partial charge on any atom is -0.506 e. The molecule has 19 heavy (non-hydrogen) atoms. The summed E-state index contributed by atoms with van der Waals surface area (Å²) in [4.78, 5) is 8.35. The number of phenols is 1. The molecule has 1 aromatic carbocycles. The summed E-state index contributed by atoms with van der Waals surface area (Å²) in [7, 11) is 0. The summed E-state index contributed by atoms with van der Waals surface area (Å²) in [6, 6.07) is 12.3. The van der Waals surface area contributed by atoms with Crippen LogP contribution in [0.4, 0.5) is 0 Å². The molecule has 94 valence electrons. The highest BCUT2D eigenvalue weighted by molar-refractivity contribution is 9.10. The monoisotopic (exact) mass is 316 g/mol. The van der Waals surface area contributed by atoms with Crippen LogP contribution in [-0.2, 0) is 0 Å². The predicted molar refractivity (Wildman–Crippen MR) is 75.4 cm³/mol. The molecule has 0 spiro atoms. The van der Waals surface area contributed by atoms with Crippen LogP contribution in [-0.4, -0.2) is 15.1 Å². The Morgan fingerprint density at radius 1 is 1.00 bits per heavy atom. The van der Waals surface area contributed by atoms with Gasteiger partial charge in [0.2, 0.25) is 11.8 Å². The van der Waals surface area contributed by atoms with Crippen LogP contribution in [0.15, 0.2) is 53.1 Å². The zero-order valence-corrected chi connectivity index (χ0v) is 11.3. The second-order valence-corrected chi connectivity index (χ2v) is 4.74. The van der Waals surface area contributed by atoms with Crippen molar-refractivity contribution in [1.82, 2.24) is 9.97 Å². The number of aromatic nitrogens is 2. The molecule has 0 fully saturated rings. The van der Waals surface area contributed by atoms with E-state index in [9.17, 15) is 5.11 Å². The smallest absolute Gasteiger partial charge is 0.221 e. The van der Waals surface area contributed by atoms with E-state index in [1.165, 1.54) is 0 Å². The maximum atomic E-state index is 9.83. The van der Waals surface area contributed by atoms with Gasteiger partial charge in [-0.25, -0.2) is 9.97 Å². The molecule has 0 saturated heterocycles. The van der Waals surface area contributed by atoms with Crippen molar-refractivity contribution in [2.45, 2.75) is 0 Å². The van der Waals surface area contributed by atoms with Gasteiger partial charge >= 0.3 is 0 Å². The van der Waals surface area contributed by atoms with Gasteiger partial charge in [-0.2, -0.15) is 0 Å². The highest BCUT2D eigenvalue weighted by Crippen LogP contribution is 2.31. The maximum absolute atomic E-state index is 9.83. The Balaban J connectivity index is 2.05. The van der Waals surface area contributed by atoms with E-state index in [1.807, 2.05) is 18.2 Å². The van der Waals surface area contributed by atoms with Crippen LogP contribution in [0.1, 0.15) is 0 Å². The largest absolute Gasteiger partial charge is 0.506 e. The van der Waals surface area contributed by atoms with Crippen molar-refractivity contribution >= 4 is 26.8 Å². The second-order valence-electron chi connectivity index (χ2n) is 3.88. The van der Waals surface area contributed by atoms with Gasteiger partial charge in [0.05, 0.1) is 0 Å². The van der Waals surface area contributed by atoms with Gasteiger partial charge in [0.15, 0.2) is 0 Å². The molecule has 1 N–H and O–H groups in total. The summed E-state index contributed by atoms with van der Waals surface area (Å²) < 4.78 is 6.41. The maximum Gasteiger partial charge on any atom is 0.221 e. The lowest BCUT2D eigenvalue weighted by atomic mass is 10.2. The molecule has 0 aliphatic rings. The SMILES string of the molecule is Oc1ccc(Br)c2ccc(Oc3ccccn3)nc12. The third-order valence-electron chi connectivity index (χ3n) is 2.60. The number of hydrogen-bond acceptors (Lipinski definition) is 4. The first kappa shape index (κ1) is 11.9. The van der Waals surface area contributed by atoms with Gasteiger partial charge in [0, 0.05) is 28.2 Å². The van der Waals surface area contributed by atoms with Crippen molar-refractivity contribution in [3.05, 3.63) is 53.1 Å². The average Bonchev–Trinajstić information content (AvgIpc) is 2.44. The molecule has 0 radical (unpaired) electrons. The van der Waals surface area contributed by atoms with Crippen LogP contribution in [0.5, 0.6) is 17.5 Å². The summed E-state index contributed by atoms with van der Waals surface area (Å²) in [5.41, 5.74) is 0.489. The first-order valence-electron chi connectivity index (χ1n) is 5.61. The zero-order valence-electron chi connectivity index (χ0n) is 9.75. The van der Waals surface area contributed by atoms with E-state index in [4.69, 9.17) is 4.74 Å². The number of rotatable bonds is 2. The van der Waals surface area contributed by atoms with Crippen molar-refractivity contribution in [2.75, 3.05) is 0 Å². The summed E-state index contributed by atoms with van der Waals surface area (Å²) in [5.74, 6) is 0.966. The Kier molecular flexibility index (Phi) is 3.05. The highest BCUT2D eigenvalue weighted by atomic mass is 79.9. The summed E-state index contributed by atoms with van der Waals surface area (Å²) in [6.07, 6.45) is 1.64. The van der Waals surface area contributed by atoms with Crippen LogP contribution in [0, 0.1) is 0 Å². The van der Waals surface area contributed by atoms with E-state index < -0.39 is 0 Å². The number of nitrogens with zero attached hydrogens (tertiary/aromatic N) is 2. The minimum absolute atomic E-state index is 0.115. The molecule has 4 nitrogen and oxygen atoms in total. The number of pyridine rings is 2. The van der Waals surface area contributed by atoms with Crippen LogP contribution < -0.4 is 4.74 Å². The molecule has 5 heteroatoms. The fourth-order valence-corrected chi connectivity index (χ4v) is 2.17. The fourth-order valence-electron chi connectivity index (χ4n) is 1.72. The van der Waals surface area contributed by atoms with Crippen LogP contribution >= 0.6 is 15.9 Å². The van der Waals surface area contributed by atoms with Gasteiger partial charge in [-0.15, -0.1) is 0 Å².